The second-order valence-corrected chi connectivity index (χ2v) is 32.4. The molecule has 5 aromatic rings. The Hall–Kier alpha value is -10.5. The van der Waals surface area contributed by atoms with Gasteiger partial charge < -0.3 is 107 Å². The molecule has 1 saturated heterocycles. The number of carbonyl (C=O) groups excluding carboxylic acids is 12. The van der Waals surface area contributed by atoms with Crippen LogP contribution in [0.1, 0.15) is 196 Å². The van der Waals surface area contributed by atoms with Crippen molar-refractivity contribution in [1.29, 1.82) is 0 Å². The van der Waals surface area contributed by atoms with Crippen molar-refractivity contribution in [2.45, 2.75) is 248 Å². The number of carboxylic acids is 1. The van der Waals surface area contributed by atoms with Crippen molar-refractivity contribution in [3.63, 3.8) is 0 Å². The maximum absolute atomic E-state index is 15.7. The normalized spacial score (nSPS) is 14.6. The number of nitrogens with one attached hydrogen (secondary N) is 14. The van der Waals surface area contributed by atoms with Gasteiger partial charge in [-0.05, 0) is 101 Å². The molecular formula is C87H136N22O15S. The fourth-order valence-electron chi connectivity index (χ4n) is 15.0. The number of carboxylic acid groups (broad SMARTS) is 1. The van der Waals surface area contributed by atoms with Crippen molar-refractivity contribution in [3.8, 4) is 0 Å². The molecule has 0 spiro atoms. The minimum atomic E-state index is -1.65. The molecule has 37 nitrogen and oxygen atoms in total. The number of rotatable bonds is 63. The zero-order valence-corrected chi connectivity index (χ0v) is 73.2. The summed E-state index contributed by atoms with van der Waals surface area (Å²) in [5.41, 5.74) is 31.7. The van der Waals surface area contributed by atoms with Gasteiger partial charge in [0.05, 0.1) is 43.7 Å². The lowest BCUT2D eigenvalue weighted by atomic mass is 9.83. The number of thiol groups is 1. The number of amides is 12. The number of likely N-dealkylation sites (tertiary alicyclic amines) is 1. The van der Waals surface area contributed by atoms with Gasteiger partial charge in [-0.15, -0.1) is 0 Å². The lowest BCUT2D eigenvalue weighted by Gasteiger charge is -2.38. The maximum atomic E-state index is 15.7. The zero-order chi connectivity index (χ0) is 90.8. The number of nitrogens with zero attached hydrogens (tertiary/aromatic N) is 3. The highest BCUT2D eigenvalue weighted by molar-refractivity contribution is 7.80. The lowest BCUT2D eigenvalue weighted by molar-refractivity contribution is -0.141. The number of aliphatic hydroxyl groups is 1. The Bertz CT molecular complexity index is 4090. The summed E-state index contributed by atoms with van der Waals surface area (Å²) in [6.45, 7) is 2.44. The molecule has 0 bridgehead atoms. The van der Waals surface area contributed by atoms with Gasteiger partial charge in [0.2, 0.25) is 70.9 Å². The van der Waals surface area contributed by atoms with Crippen LogP contribution < -0.4 is 92.5 Å². The number of aromatic amines is 2. The molecule has 6 rings (SSSR count). The summed E-state index contributed by atoms with van der Waals surface area (Å²) in [4.78, 5) is 194. The Morgan fingerprint density at radius 2 is 1.08 bits per heavy atom. The molecule has 3 aromatic carbocycles. The third kappa shape index (κ3) is 38.9. The number of fused-ring (bicyclic) bond motifs is 1. The smallest absolute Gasteiger partial charge is 0.317 e. The molecule has 0 radical (unpaired) electrons. The minimum Gasteiger partial charge on any atom is -0.480 e. The summed E-state index contributed by atoms with van der Waals surface area (Å²) < 4.78 is 0. The number of H-pyrrole nitrogens is 2. The number of piperidine rings is 1. The van der Waals surface area contributed by atoms with Gasteiger partial charge in [0.1, 0.15) is 61.4 Å². The molecule has 1 aliphatic heterocycles. The molecule has 1 aliphatic rings. The molecule has 0 saturated carbocycles. The van der Waals surface area contributed by atoms with Crippen LogP contribution in [-0.4, -0.2) is 244 Å². The van der Waals surface area contributed by atoms with Gasteiger partial charge in [0, 0.05) is 80.4 Å². The monoisotopic (exact) mass is 1760 g/mol. The zero-order valence-electron chi connectivity index (χ0n) is 72.3. The number of hydrogen-bond donors (Lipinski definition) is 22. The Kier molecular flexibility index (Phi) is 47.9. The Labute approximate surface area is 737 Å². The van der Waals surface area contributed by atoms with Crippen LogP contribution in [0.15, 0.2) is 104 Å². The Morgan fingerprint density at radius 1 is 0.552 bits per heavy atom. The van der Waals surface area contributed by atoms with Crippen LogP contribution >= 0.6 is 12.6 Å². The molecule has 1 fully saturated rings. The standard InChI is InChI=1S/C87H136N22O15S/c1-3-4-5-6-7-8-9-10-11-12-13-14-15-26-41-95-72(113)54-109(53-70(88)111)73(114)40-23-18-27-42-96-79(118)67(46-61-48-99-64-37-25-24-36-63(61)64)103-80(119)66(39-29-44-98-87(91)92)102-83(122)69(55-125)105-81(120)65(38-28-43-97-86(89)90)101-78(117)60-35-30-45-108(52-60)85(124)77(75(58-31-19-16-20-32-58)59-33-21-17-22-34-59)107-82(121)68(47-62-49-94-56-100-62)104-84(123)76(57(2)110)106-71(112)50-93-51-74(115)116/h16-17,19-22,24-25,31-34,36-37,48-49,56-57,60,65-69,75-77,86-87,93,97-99,110,125H,3-15,18,23,26-30,35,38-47,50-55,89-92H2,1-2H3,(H2,88,111)(H,94,100)(H,95,113)(H,96,118)(H,101,117)(H,102,122)(H,103,119)(H,104,123)(H,105,120)(H,106,112)(H,107,121)(H,115,116). The summed E-state index contributed by atoms with van der Waals surface area (Å²) in [5.74, 6) is -12.0. The van der Waals surface area contributed by atoms with E-state index in [2.05, 4.69) is 98.3 Å². The van der Waals surface area contributed by atoms with Crippen LogP contribution in [-0.2, 0) is 75.2 Å². The molecule has 12 amide bonds. The summed E-state index contributed by atoms with van der Waals surface area (Å²) in [5, 5.41) is 53.8. The van der Waals surface area contributed by atoms with Crippen molar-refractivity contribution >= 4 is 100 Å². The number of primary amides is 1. The number of aliphatic carboxylic acids is 1. The van der Waals surface area contributed by atoms with E-state index >= 15 is 9.59 Å². The van der Waals surface area contributed by atoms with E-state index in [9.17, 15) is 57.8 Å². The summed E-state index contributed by atoms with van der Waals surface area (Å²) in [6.07, 6.45) is 19.8. The average Bonchev–Trinajstić information content (AvgIpc) is 0.889. The van der Waals surface area contributed by atoms with Crippen LogP contribution in [0.2, 0.25) is 0 Å². The van der Waals surface area contributed by atoms with Crippen molar-refractivity contribution in [2.24, 2.45) is 34.6 Å². The van der Waals surface area contributed by atoms with E-state index in [0.29, 0.717) is 48.2 Å². The second-order valence-electron chi connectivity index (χ2n) is 32.0. The highest BCUT2D eigenvalue weighted by Gasteiger charge is 2.42. The third-order valence-corrected chi connectivity index (χ3v) is 22.1. The van der Waals surface area contributed by atoms with E-state index in [4.69, 9.17) is 33.8 Å². The number of hydrogen-bond acceptors (Lipinski definition) is 23. The van der Waals surface area contributed by atoms with Gasteiger partial charge >= 0.3 is 5.97 Å². The number of unbranched alkanes of at least 4 members (excludes halogenated alkanes) is 15. The maximum Gasteiger partial charge on any atom is 0.317 e. The molecule has 3 heterocycles. The van der Waals surface area contributed by atoms with E-state index in [1.807, 2.05) is 24.3 Å². The molecule has 0 aliphatic carbocycles. The van der Waals surface area contributed by atoms with Crippen LogP contribution in [0, 0.1) is 5.92 Å². The summed E-state index contributed by atoms with van der Waals surface area (Å²) >= 11 is 4.48. The predicted molar refractivity (Wildman–Crippen MR) is 477 cm³/mol. The molecular weight excluding hydrogens is 1630 g/mol. The van der Waals surface area contributed by atoms with Gasteiger partial charge in [-0.3, -0.25) is 78.3 Å². The van der Waals surface area contributed by atoms with Crippen molar-refractivity contribution in [3.05, 3.63) is 126 Å². The number of carbonyl (C=O) groups is 13. The Balaban J connectivity index is 1.13. The number of aliphatic hydroxyl groups excluding tert-OH is 1. The molecule has 9 unspecified atom stereocenters. The van der Waals surface area contributed by atoms with Gasteiger partial charge in [0.25, 0.3) is 0 Å². The van der Waals surface area contributed by atoms with E-state index in [1.54, 1.807) is 66.9 Å². The van der Waals surface area contributed by atoms with Gasteiger partial charge in [-0.25, -0.2) is 4.98 Å². The summed E-state index contributed by atoms with van der Waals surface area (Å²) in [6, 6.07) is 15.1. The SMILES string of the molecule is CCCCCCCCCCCCCCCCNC(=O)CN(CC(N)=O)C(=O)CCCCCNC(=O)C(Cc1c[nH]c2ccccc12)NC(=O)C(CCCNC(N)N)NC(=O)C(CS)NC(=O)C(CCCNC(N)N)NC(=O)C1CCCN(C(=O)C(NC(=O)C(Cc2c[nH]cn2)NC(=O)C(NC(=O)CNCC(=O)O)C(C)O)C(c2ccccc2)c2ccccc2)C1. The fraction of sp³-hybridized carbons (Fsp3) is 0.586. The topological polar surface area (TPSA) is 588 Å². The molecule has 690 valence electrons. The highest BCUT2D eigenvalue weighted by Crippen LogP contribution is 2.32. The van der Waals surface area contributed by atoms with E-state index in [1.165, 1.54) is 88.6 Å². The Morgan fingerprint density at radius 3 is 1.65 bits per heavy atom. The largest absolute Gasteiger partial charge is 0.480 e. The van der Waals surface area contributed by atoms with Gasteiger partial charge in [-0.2, -0.15) is 12.6 Å². The third-order valence-electron chi connectivity index (χ3n) is 21.7. The predicted octanol–water partition coefficient (Wildman–Crippen LogP) is 0.855. The van der Waals surface area contributed by atoms with Crippen molar-refractivity contribution in [2.75, 3.05) is 71.2 Å². The molecule has 26 N–H and O–H groups in total. The lowest BCUT2D eigenvalue weighted by Crippen LogP contribution is -2.61. The first-order valence-corrected chi connectivity index (χ1v) is 44.6. The van der Waals surface area contributed by atoms with E-state index < -0.39 is 163 Å². The molecule has 2 aromatic heterocycles. The molecule has 38 heteroatoms. The number of aromatic nitrogens is 3. The highest BCUT2D eigenvalue weighted by atomic mass is 32.1. The van der Waals surface area contributed by atoms with Crippen LogP contribution in [0.5, 0.6) is 0 Å². The van der Waals surface area contributed by atoms with E-state index in [-0.39, 0.29) is 109 Å². The summed E-state index contributed by atoms with van der Waals surface area (Å²) in [7, 11) is 0. The molecule has 125 heavy (non-hydrogen) atoms. The molecule has 9 atom stereocenters. The van der Waals surface area contributed by atoms with Crippen LogP contribution in [0.25, 0.3) is 10.9 Å². The first-order valence-electron chi connectivity index (χ1n) is 44.0. The van der Waals surface area contributed by atoms with Gasteiger partial charge in [0.15, 0.2) is 0 Å². The van der Waals surface area contributed by atoms with Crippen LogP contribution in [0.4, 0.5) is 0 Å². The van der Waals surface area contributed by atoms with E-state index in [0.717, 1.165) is 41.5 Å². The van der Waals surface area contributed by atoms with Gasteiger partial charge in [-0.1, -0.05) is 176 Å². The quantitative estimate of drug-likeness (QED) is 0.0146. The van der Waals surface area contributed by atoms with Crippen molar-refractivity contribution < 1.29 is 72.5 Å². The number of imidazole rings is 1. The van der Waals surface area contributed by atoms with Crippen LogP contribution in [0.3, 0.4) is 0 Å². The first-order chi connectivity index (χ1) is 60.2. The first kappa shape index (κ1) is 103. The minimum absolute atomic E-state index is 0.00281. The second kappa shape index (κ2) is 57.9. The fourth-order valence-corrected chi connectivity index (χ4v) is 15.3. The van der Waals surface area contributed by atoms with Crippen molar-refractivity contribution in [1.82, 2.24) is 88.6 Å². The average molecular weight is 1760 g/mol. The number of nitrogens with two attached hydrogens (primary N) is 5. The number of para-hydroxylation sites is 1. The number of benzene rings is 3.